The number of hydrogen-bond donors (Lipinski definition) is 4. The van der Waals surface area contributed by atoms with Crippen LogP contribution in [0.4, 0.5) is 39.4 Å². The topological polar surface area (TPSA) is 121 Å². The van der Waals surface area contributed by atoms with Gasteiger partial charge in [0, 0.05) is 38.9 Å². The highest BCUT2D eigenvalue weighted by molar-refractivity contribution is 5.97. The van der Waals surface area contributed by atoms with Gasteiger partial charge in [0.15, 0.2) is 5.82 Å². The highest BCUT2D eigenvalue weighted by Gasteiger charge is 2.39. The Balaban J connectivity index is 0.00000116. The smallest absolute Gasteiger partial charge is 0.417 e. The number of nitrogens with zero attached hydrogens (tertiary/aromatic N) is 4. The summed E-state index contributed by atoms with van der Waals surface area (Å²) in [6, 6.07) is 0.756. The summed E-state index contributed by atoms with van der Waals surface area (Å²) in [6.07, 6.45) is -4.86. The molecule has 0 bridgehead atoms. The van der Waals surface area contributed by atoms with Gasteiger partial charge < -0.3 is 31.1 Å². The van der Waals surface area contributed by atoms with Crippen molar-refractivity contribution >= 4 is 28.4 Å². The molecule has 5 N–H and O–H groups in total. The third-order valence-electron chi connectivity index (χ3n) is 6.79. The van der Waals surface area contributed by atoms with E-state index in [1.165, 1.54) is 0 Å². The minimum absolute atomic E-state index is 0.120. The molecule has 3 aromatic rings. The van der Waals surface area contributed by atoms with Crippen LogP contribution in [-0.2, 0) is 6.18 Å². The van der Waals surface area contributed by atoms with Gasteiger partial charge in [0.05, 0.1) is 17.4 Å². The number of nitrogen functional groups attached to an aromatic ring is 1. The maximum absolute atomic E-state index is 16.3. The molecule has 1 unspecified atom stereocenters. The lowest BCUT2D eigenvalue weighted by Crippen LogP contribution is -2.46. The molecule has 1 fully saturated rings. The lowest BCUT2D eigenvalue weighted by Gasteiger charge is -2.37. The van der Waals surface area contributed by atoms with E-state index < -0.39 is 52.0 Å². The fourth-order valence-electron chi connectivity index (χ4n) is 4.84. The zero-order valence-electron chi connectivity index (χ0n) is 24.6. The maximum Gasteiger partial charge on any atom is 0.417 e. The van der Waals surface area contributed by atoms with Gasteiger partial charge in [-0.3, -0.25) is 0 Å². The average Bonchev–Trinajstić information content (AvgIpc) is 2.97. The zero-order valence-corrected chi connectivity index (χ0v) is 24.6. The highest BCUT2D eigenvalue weighted by atomic mass is 19.4. The second-order valence-electron chi connectivity index (χ2n) is 9.90. The van der Waals surface area contributed by atoms with Crippen LogP contribution in [0, 0.1) is 24.5 Å². The second kappa shape index (κ2) is 13.6. The molecule has 1 aromatic carbocycles. The Morgan fingerprint density at radius 3 is 2.31 bits per heavy atom. The fraction of sp³-hybridized carbons (Fsp3) is 0.536. The molecule has 1 saturated heterocycles. The number of nitrogens with one attached hydrogen (secondary N) is 2. The van der Waals surface area contributed by atoms with Crippen molar-refractivity contribution in [1.29, 1.82) is 0 Å². The van der Waals surface area contributed by atoms with Crippen LogP contribution in [0.15, 0.2) is 6.07 Å². The SMILES string of the molecule is CC.CO.Cc1c(F)c(N)cc(-c2nc3c4c(nc(N5CC(C)C5)nc4c2F)NCCNCCC(C)O3)c1C(F)(F)F. The number of aliphatic hydroxyl groups is 1. The Bertz CT molecular complexity index is 1400. The van der Waals surface area contributed by atoms with Gasteiger partial charge >= 0.3 is 6.18 Å². The first-order valence-corrected chi connectivity index (χ1v) is 13.8. The van der Waals surface area contributed by atoms with Gasteiger partial charge in [-0.25, -0.2) is 18.7 Å². The quantitative estimate of drug-likeness (QED) is 0.234. The number of hydrogen-bond acceptors (Lipinski definition) is 9. The first kappa shape index (κ1) is 33.0. The molecule has 0 saturated carbocycles. The van der Waals surface area contributed by atoms with E-state index in [1.54, 1.807) is 6.92 Å². The molecule has 2 aromatic heterocycles. The van der Waals surface area contributed by atoms with Crippen molar-refractivity contribution in [3.63, 3.8) is 0 Å². The molecule has 2 aliphatic rings. The van der Waals surface area contributed by atoms with Crippen molar-refractivity contribution < 1.29 is 31.8 Å². The molecule has 1 atom stereocenters. The molecule has 0 spiro atoms. The van der Waals surface area contributed by atoms with Crippen molar-refractivity contribution in [2.75, 3.05) is 55.8 Å². The number of ether oxygens (including phenoxy) is 1. The summed E-state index contributed by atoms with van der Waals surface area (Å²) in [4.78, 5) is 15.1. The van der Waals surface area contributed by atoms with E-state index in [1.807, 2.05) is 25.7 Å². The van der Waals surface area contributed by atoms with E-state index in [4.69, 9.17) is 15.6 Å². The van der Waals surface area contributed by atoms with Crippen molar-refractivity contribution in [2.24, 2.45) is 5.92 Å². The lowest BCUT2D eigenvalue weighted by molar-refractivity contribution is -0.137. The van der Waals surface area contributed by atoms with Gasteiger partial charge in [0.1, 0.15) is 28.2 Å². The van der Waals surface area contributed by atoms with E-state index in [-0.39, 0.29) is 28.5 Å². The summed E-state index contributed by atoms with van der Waals surface area (Å²) in [5.41, 5.74) is 1.41. The van der Waals surface area contributed by atoms with Crippen LogP contribution >= 0.6 is 0 Å². The summed E-state index contributed by atoms with van der Waals surface area (Å²) in [6.45, 7) is 11.7. The van der Waals surface area contributed by atoms with E-state index in [0.29, 0.717) is 45.1 Å². The fourth-order valence-corrected chi connectivity index (χ4v) is 4.84. The number of rotatable bonds is 2. The van der Waals surface area contributed by atoms with Crippen LogP contribution in [-0.4, -0.2) is 66.0 Å². The molecule has 4 heterocycles. The standard InChI is InChI=1S/C25H28F5N7O.C2H6.CH4O/c1-11-9-37(10-11)24-35-21-16-22(36-24)33-7-6-32-5-4-12(2)38-23(16)34-20(19(21)27)14-8-15(31)18(26)13(3)17(14)25(28,29)30;2*1-2/h8,11-12,32H,4-7,9-10,31H2,1-3H3,(H,33,35,36);1-2H3;2H,1H3. The average molecular weight is 600 g/mol. The molecule has 0 aliphatic carbocycles. The number of aromatic nitrogens is 3. The van der Waals surface area contributed by atoms with Crippen LogP contribution in [0.2, 0.25) is 0 Å². The van der Waals surface area contributed by atoms with E-state index in [2.05, 4.69) is 25.6 Å². The molecule has 232 valence electrons. The molecule has 2 aliphatic heterocycles. The Labute approximate surface area is 241 Å². The van der Waals surface area contributed by atoms with Crippen molar-refractivity contribution in [3.05, 3.63) is 28.8 Å². The van der Waals surface area contributed by atoms with Crippen molar-refractivity contribution in [3.8, 4) is 17.1 Å². The number of nitrogens with two attached hydrogens (primary N) is 1. The van der Waals surface area contributed by atoms with Crippen LogP contribution in [0.3, 0.4) is 0 Å². The van der Waals surface area contributed by atoms with E-state index in [0.717, 1.165) is 20.1 Å². The number of alkyl halides is 3. The third kappa shape index (κ3) is 6.59. The highest BCUT2D eigenvalue weighted by Crippen LogP contribution is 2.45. The number of pyridine rings is 1. The minimum atomic E-state index is -5.01. The van der Waals surface area contributed by atoms with Crippen molar-refractivity contribution in [1.82, 2.24) is 20.3 Å². The van der Waals surface area contributed by atoms with E-state index in [9.17, 15) is 17.6 Å². The molecule has 0 amide bonds. The van der Waals surface area contributed by atoms with Crippen LogP contribution in [0.5, 0.6) is 5.88 Å². The summed E-state index contributed by atoms with van der Waals surface area (Å²) in [5, 5.41) is 13.6. The Hall–Kier alpha value is -3.52. The molecule has 5 rings (SSSR count). The van der Waals surface area contributed by atoms with Gasteiger partial charge in [-0.05, 0) is 44.4 Å². The Morgan fingerprint density at radius 2 is 1.69 bits per heavy atom. The molecule has 9 nitrogen and oxygen atoms in total. The maximum atomic E-state index is 16.3. The summed E-state index contributed by atoms with van der Waals surface area (Å²) >= 11 is 0. The molecule has 14 heteroatoms. The monoisotopic (exact) mass is 599 g/mol. The second-order valence-corrected chi connectivity index (χ2v) is 9.90. The van der Waals surface area contributed by atoms with Crippen molar-refractivity contribution in [2.45, 2.75) is 53.3 Å². The first-order valence-electron chi connectivity index (χ1n) is 13.8. The molecule has 42 heavy (non-hydrogen) atoms. The Morgan fingerprint density at radius 1 is 1.02 bits per heavy atom. The molecular formula is C28H38F5N7O2. The summed E-state index contributed by atoms with van der Waals surface area (Å²) < 4.78 is 79.3. The van der Waals surface area contributed by atoms with Gasteiger partial charge in [-0.1, -0.05) is 20.8 Å². The number of anilines is 3. The molecule has 0 radical (unpaired) electrons. The largest absolute Gasteiger partial charge is 0.474 e. The third-order valence-corrected chi connectivity index (χ3v) is 6.79. The van der Waals surface area contributed by atoms with Crippen LogP contribution in [0.1, 0.15) is 45.2 Å². The van der Waals surface area contributed by atoms with Gasteiger partial charge in [-0.15, -0.1) is 0 Å². The predicted octanol–water partition coefficient (Wildman–Crippen LogP) is 5.14. The summed E-state index contributed by atoms with van der Waals surface area (Å²) in [7, 11) is 1.00. The van der Waals surface area contributed by atoms with Gasteiger partial charge in [-0.2, -0.15) is 18.2 Å². The minimum Gasteiger partial charge on any atom is -0.474 e. The normalized spacial score (nSPS) is 17.4. The lowest BCUT2D eigenvalue weighted by atomic mass is 9.96. The summed E-state index contributed by atoms with van der Waals surface area (Å²) in [5.74, 6) is -1.56. The number of halogens is 5. The predicted molar refractivity (Wildman–Crippen MR) is 154 cm³/mol. The number of aliphatic hydroxyl groups excluding tert-OH is 1. The zero-order chi connectivity index (χ0) is 31.4. The first-order chi connectivity index (χ1) is 20.0. The van der Waals surface area contributed by atoms with Crippen LogP contribution < -0.4 is 26.0 Å². The van der Waals surface area contributed by atoms with Crippen LogP contribution in [0.25, 0.3) is 22.2 Å². The van der Waals surface area contributed by atoms with Gasteiger partial charge in [0.2, 0.25) is 11.8 Å². The van der Waals surface area contributed by atoms with Gasteiger partial charge in [0.25, 0.3) is 0 Å². The Kier molecular flexibility index (Phi) is 10.7. The molecular weight excluding hydrogens is 561 g/mol. The van der Waals surface area contributed by atoms with E-state index >= 15 is 4.39 Å². The number of benzene rings is 1.